The maximum Gasteiger partial charge on any atom is 0.261 e. The third kappa shape index (κ3) is 2.56. The van der Waals surface area contributed by atoms with E-state index in [2.05, 4.69) is 9.97 Å². The molecule has 0 aliphatic rings. The van der Waals surface area contributed by atoms with E-state index in [-0.39, 0.29) is 11.4 Å². The summed E-state index contributed by atoms with van der Waals surface area (Å²) in [6.45, 7) is 0.517. The molecular formula is C15H15ClN4O. The molecule has 0 spiro atoms. The second kappa shape index (κ2) is 5.69. The Morgan fingerprint density at radius 3 is 2.76 bits per heavy atom. The summed E-state index contributed by atoms with van der Waals surface area (Å²) in [4.78, 5) is 21.3. The van der Waals surface area contributed by atoms with Gasteiger partial charge in [-0.25, -0.2) is 9.97 Å². The predicted octanol–water partition coefficient (Wildman–Crippen LogP) is 2.11. The van der Waals surface area contributed by atoms with E-state index in [1.54, 1.807) is 16.8 Å². The Bertz CT molecular complexity index is 837. The lowest BCUT2D eigenvalue weighted by Crippen LogP contribution is -2.26. The SMILES string of the molecule is Cn1ccnc1CCn1c(CCl)nc2ccccc2c1=O. The molecule has 108 valence electrons. The van der Waals surface area contributed by atoms with Crippen molar-refractivity contribution < 1.29 is 0 Å². The predicted molar refractivity (Wildman–Crippen MR) is 82.5 cm³/mol. The molecule has 3 rings (SSSR count). The first-order valence-corrected chi connectivity index (χ1v) is 7.25. The fourth-order valence-corrected chi connectivity index (χ4v) is 2.60. The Kier molecular flexibility index (Phi) is 3.75. The van der Waals surface area contributed by atoms with E-state index in [4.69, 9.17) is 11.6 Å². The van der Waals surface area contributed by atoms with Gasteiger partial charge in [0.25, 0.3) is 5.56 Å². The maximum atomic E-state index is 12.6. The van der Waals surface area contributed by atoms with E-state index < -0.39 is 0 Å². The highest BCUT2D eigenvalue weighted by Gasteiger charge is 2.10. The molecule has 21 heavy (non-hydrogen) atoms. The van der Waals surface area contributed by atoms with Gasteiger partial charge in [0.2, 0.25) is 0 Å². The molecule has 0 N–H and O–H groups in total. The lowest BCUT2D eigenvalue weighted by atomic mass is 10.2. The zero-order chi connectivity index (χ0) is 14.8. The van der Waals surface area contributed by atoms with Crippen molar-refractivity contribution in [2.75, 3.05) is 0 Å². The molecule has 0 radical (unpaired) electrons. The highest BCUT2D eigenvalue weighted by atomic mass is 35.5. The van der Waals surface area contributed by atoms with E-state index in [0.717, 1.165) is 5.82 Å². The molecule has 0 amide bonds. The van der Waals surface area contributed by atoms with E-state index >= 15 is 0 Å². The fourth-order valence-electron chi connectivity index (χ4n) is 2.40. The van der Waals surface area contributed by atoms with Crippen molar-refractivity contribution in [2.24, 2.45) is 7.05 Å². The molecule has 0 unspecified atom stereocenters. The van der Waals surface area contributed by atoms with Crippen LogP contribution in [0.1, 0.15) is 11.6 Å². The zero-order valence-electron chi connectivity index (χ0n) is 11.7. The molecule has 6 heteroatoms. The Hall–Kier alpha value is -2.14. The van der Waals surface area contributed by atoms with Crippen molar-refractivity contribution >= 4 is 22.5 Å². The van der Waals surface area contributed by atoms with Gasteiger partial charge in [0.15, 0.2) is 0 Å². The number of alkyl halides is 1. The molecule has 0 saturated heterocycles. The highest BCUT2D eigenvalue weighted by molar-refractivity contribution is 6.16. The number of aromatic nitrogens is 4. The number of rotatable bonds is 4. The number of nitrogens with zero attached hydrogens (tertiary/aromatic N) is 4. The zero-order valence-corrected chi connectivity index (χ0v) is 12.4. The minimum Gasteiger partial charge on any atom is -0.338 e. The van der Waals surface area contributed by atoms with Gasteiger partial charge in [-0.05, 0) is 12.1 Å². The van der Waals surface area contributed by atoms with Crippen LogP contribution in [0, 0.1) is 0 Å². The molecule has 0 aliphatic carbocycles. The number of fused-ring (bicyclic) bond motifs is 1. The molecule has 3 aromatic rings. The van der Waals surface area contributed by atoms with E-state index in [0.29, 0.717) is 29.7 Å². The second-order valence-corrected chi connectivity index (χ2v) is 5.11. The Labute approximate surface area is 126 Å². The number of halogens is 1. The summed E-state index contributed by atoms with van der Waals surface area (Å²) in [7, 11) is 1.94. The fraction of sp³-hybridized carbons (Fsp3) is 0.267. The summed E-state index contributed by atoms with van der Waals surface area (Å²) in [5, 5.41) is 0.617. The van der Waals surface area contributed by atoms with Gasteiger partial charge in [-0.2, -0.15) is 0 Å². The molecule has 0 fully saturated rings. The number of para-hydroxylation sites is 1. The molecule has 2 heterocycles. The van der Waals surface area contributed by atoms with E-state index in [1.807, 2.05) is 36.0 Å². The van der Waals surface area contributed by atoms with Gasteiger partial charge in [0, 0.05) is 32.4 Å². The number of imidazole rings is 1. The van der Waals surface area contributed by atoms with Crippen molar-refractivity contribution in [3.05, 3.63) is 58.7 Å². The number of aryl methyl sites for hydroxylation is 2. The van der Waals surface area contributed by atoms with Gasteiger partial charge in [0.05, 0.1) is 16.8 Å². The molecule has 0 bridgehead atoms. The van der Waals surface area contributed by atoms with Gasteiger partial charge in [-0.3, -0.25) is 9.36 Å². The standard InChI is InChI=1S/C15H15ClN4O/c1-19-9-7-17-13(19)6-8-20-14(10-16)18-12-5-3-2-4-11(12)15(20)21/h2-5,7,9H,6,8,10H2,1H3. The van der Waals surface area contributed by atoms with Gasteiger partial charge in [0.1, 0.15) is 11.6 Å². The van der Waals surface area contributed by atoms with Crippen molar-refractivity contribution in [1.82, 2.24) is 19.1 Å². The first-order chi connectivity index (χ1) is 10.2. The molecule has 5 nitrogen and oxygen atoms in total. The van der Waals surface area contributed by atoms with Gasteiger partial charge < -0.3 is 4.57 Å². The lowest BCUT2D eigenvalue weighted by molar-refractivity contribution is 0.606. The largest absolute Gasteiger partial charge is 0.338 e. The van der Waals surface area contributed by atoms with E-state index in [1.165, 1.54) is 0 Å². The Balaban J connectivity index is 2.02. The summed E-state index contributed by atoms with van der Waals surface area (Å²) < 4.78 is 3.59. The third-order valence-corrected chi connectivity index (χ3v) is 3.78. The molecule has 0 saturated carbocycles. The summed E-state index contributed by atoms with van der Waals surface area (Å²) in [5.41, 5.74) is 0.636. The van der Waals surface area contributed by atoms with Gasteiger partial charge >= 0.3 is 0 Å². The van der Waals surface area contributed by atoms with Crippen LogP contribution < -0.4 is 5.56 Å². The lowest BCUT2D eigenvalue weighted by Gasteiger charge is -2.11. The van der Waals surface area contributed by atoms with Crippen LogP contribution >= 0.6 is 11.6 Å². The van der Waals surface area contributed by atoms with Crippen molar-refractivity contribution in [3.63, 3.8) is 0 Å². The van der Waals surface area contributed by atoms with Crippen molar-refractivity contribution in [1.29, 1.82) is 0 Å². The number of hydrogen-bond donors (Lipinski definition) is 0. The van der Waals surface area contributed by atoms with Crippen LogP contribution in [0.15, 0.2) is 41.5 Å². The average Bonchev–Trinajstić information content (AvgIpc) is 2.91. The molecule has 0 atom stereocenters. The normalized spacial score (nSPS) is 11.1. The van der Waals surface area contributed by atoms with Crippen LogP contribution in [0.25, 0.3) is 10.9 Å². The molecular weight excluding hydrogens is 288 g/mol. The second-order valence-electron chi connectivity index (χ2n) is 4.84. The maximum absolute atomic E-state index is 12.6. The van der Waals surface area contributed by atoms with Crippen LogP contribution in [0.4, 0.5) is 0 Å². The molecule has 0 aliphatic heterocycles. The monoisotopic (exact) mass is 302 g/mol. The molecule has 1 aromatic carbocycles. The smallest absolute Gasteiger partial charge is 0.261 e. The Morgan fingerprint density at radius 1 is 1.24 bits per heavy atom. The Morgan fingerprint density at radius 2 is 2.05 bits per heavy atom. The van der Waals surface area contributed by atoms with Crippen molar-refractivity contribution in [3.8, 4) is 0 Å². The summed E-state index contributed by atoms with van der Waals surface area (Å²) in [6, 6.07) is 7.33. The highest BCUT2D eigenvalue weighted by Crippen LogP contribution is 2.10. The third-order valence-electron chi connectivity index (χ3n) is 3.54. The van der Waals surface area contributed by atoms with Crippen molar-refractivity contribution in [2.45, 2.75) is 18.8 Å². The molecule has 2 aromatic heterocycles. The number of benzene rings is 1. The first kappa shape index (κ1) is 13.8. The van der Waals surface area contributed by atoms with Gasteiger partial charge in [-0.15, -0.1) is 11.6 Å². The minimum absolute atomic E-state index is 0.0505. The first-order valence-electron chi connectivity index (χ1n) is 6.71. The summed E-state index contributed by atoms with van der Waals surface area (Å²) in [6.07, 6.45) is 4.30. The quantitative estimate of drug-likeness (QED) is 0.694. The topological polar surface area (TPSA) is 52.7 Å². The van der Waals surface area contributed by atoms with Crippen LogP contribution in [0.5, 0.6) is 0 Å². The van der Waals surface area contributed by atoms with Crippen LogP contribution in [0.2, 0.25) is 0 Å². The summed E-state index contributed by atoms with van der Waals surface area (Å²) >= 11 is 5.95. The minimum atomic E-state index is -0.0505. The van der Waals surface area contributed by atoms with Crippen LogP contribution in [-0.4, -0.2) is 19.1 Å². The van der Waals surface area contributed by atoms with E-state index in [9.17, 15) is 4.79 Å². The van der Waals surface area contributed by atoms with Gasteiger partial charge in [-0.1, -0.05) is 12.1 Å². The summed E-state index contributed by atoms with van der Waals surface area (Å²) in [5.74, 6) is 1.73. The average molecular weight is 303 g/mol. The van der Waals surface area contributed by atoms with Crippen LogP contribution in [0.3, 0.4) is 0 Å². The number of hydrogen-bond acceptors (Lipinski definition) is 3. The van der Waals surface area contributed by atoms with Crippen LogP contribution in [-0.2, 0) is 25.9 Å².